The molecule has 1 aliphatic rings. The monoisotopic (exact) mass is 362 g/mol. The Bertz CT molecular complexity index is 936. The van der Waals surface area contributed by atoms with E-state index in [4.69, 9.17) is 0 Å². The van der Waals surface area contributed by atoms with Crippen LogP contribution in [0.25, 0.3) is 10.9 Å². The summed E-state index contributed by atoms with van der Waals surface area (Å²) in [5, 5.41) is 1.19. The highest BCUT2D eigenvalue weighted by Gasteiger charge is 2.47. The van der Waals surface area contributed by atoms with E-state index in [2.05, 4.69) is 43.1 Å². The molecule has 0 atom stereocenters. The van der Waals surface area contributed by atoms with Crippen molar-refractivity contribution >= 4 is 22.5 Å². The maximum absolute atomic E-state index is 13.4. The number of carbonyl (C=O) groups excluding carboxylic acids is 1. The highest BCUT2D eigenvalue weighted by molar-refractivity contribution is 6.03. The highest BCUT2D eigenvalue weighted by atomic mass is 16.2. The molecule has 0 radical (unpaired) electrons. The quantitative estimate of drug-likeness (QED) is 0.619. The van der Waals surface area contributed by atoms with Crippen LogP contribution < -0.4 is 4.90 Å². The second-order valence-electron chi connectivity index (χ2n) is 7.27. The molecule has 3 heteroatoms. The molecular weight excluding hydrogens is 332 g/mol. The summed E-state index contributed by atoms with van der Waals surface area (Å²) in [4.78, 5) is 18.6. The van der Waals surface area contributed by atoms with E-state index < -0.39 is 0 Å². The molecule has 0 bridgehead atoms. The number of hydrogen-bond donors (Lipinski definition) is 1. The third-order valence-electron chi connectivity index (χ3n) is 5.93. The summed E-state index contributed by atoms with van der Waals surface area (Å²) in [6.07, 6.45) is 2.99. The number of anilines is 1. The lowest BCUT2D eigenvalue weighted by Gasteiger charge is -2.43. The van der Waals surface area contributed by atoms with Crippen LogP contribution in [-0.2, 0) is 10.2 Å². The van der Waals surface area contributed by atoms with Crippen LogP contribution in [0.3, 0.4) is 0 Å². The number of amides is 1. The van der Waals surface area contributed by atoms with E-state index in [1.165, 1.54) is 16.6 Å². The fourth-order valence-electron chi connectivity index (χ4n) is 4.01. The normalized spacial score (nSPS) is 14.9. The van der Waals surface area contributed by atoms with Crippen LogP contribution in [0.1, 0.15) is 49.9 Å². The van der Waals surface area contributed by atoms with Crippen molar-refractivity contribution in [3.05, 3.63) is 65.4 Å². The Morgan fingerprint density at radius 3 is 2.30 bits per heavy atom. The van der Waals surface area contributed by atoms with Crippen molar-refractivity contribution in [1.82, 2.24) is 4.98 Å². The highest BCUT2D eigenvalue weighted by Crippen LogP contribution is 2.45. The van der Waals surface area contributed by atoms with Crippen LogP contribution in [0.4, 0.5) is 5.69 Å². The minimum atomic E-state index is -0.353. The number of carbonyl (C=O) groups is 1. The zero-order valence-electron chi connectivity index (χ0n) is 17.1. The van der Waals surface area contributed by atoms with Crippen LogP contribution in [0.15, 0.2) is 48.5 Å². The molecular formula is C24H30N2O. The number of rotatable bonds is 3. The molecule has 0 saturated heterocycles. The number of aromatic nitrogens is 1. The van der Waals surface area contributed by atoms with E-state index in [1.807, 2.05) is 50.1 Å². The molecule has 0 spiro atoms. The lowest BCUT2D eigenvalue weighted by Crippen LogP contribution is -2.50. The second-order valence-corrected chi connectivity index (χ2v) is 7.27. The van der Waals surface area contributed by atoms with Gasteiger partial charge >= 0.3 is 0 Å². The molecule has 1 aliphatic carbocycles. The number of benzene rings is 2. The van der Waals surface area contributed by atoms with Gasteiger partial charge in [0.25, 0.3) is 0 Å². The Hall–Kier alpha value is -2.55. The first-order chi connectivity index (χ1) is 13.0. The van der Waals surface area contributed by atoms with E-state index in [-0.39, 0.29) is 11.3 Å². The van der Waals surface area contributed by atoms with Gasteiger partial charge in [0.05, 0.1) is 5.41 Å². The molecule has 142 valence electrons. The average molecular weight is 363 g/mol. The van der Waals surface area contributed by atoms with Gasteiger partial charge in [-0.1, -0.05) is 50.6 Å². The van der Waals surface area contributed by atoms with E-state index in [0.29, 0.717) is 0 Å². The lowest BCUT2D eigenvalue weighted by atomic mass is 9.63. The summed E-state index contributed by atoms with van der Waals surface area (Å²) in [6, 6.07) is 16.5. The van der Waals surface area contributed by atoms with E-state index in [0.717, 1.165) is 36.0 Å². The van der Waals surface area contributed by atoms with Crippen molar-refractivity contribution in [3.63, 3.8) is 0 Å². The molecule has 1 N–H and O–H groups in total. The van der Waals surface area contributed by atoms with Crippen LogP contribution in [0.5, 0.6) is 0 Å². The van der Waals surface area contributed by atoms with Crippen molar-refractivity contribution in [2.24, 2.45) is 0 Å². The van der Waals surface area contributed by atoms with E-state index >= 15 is 0 Å². The molecule has 1 saturated carbocycles. The van der Waals surface area contributed by atoms with Crippen LogP contribution in [-0.4, -0.2) is 17.9 Å². The average Bonchev–Trinajstić information content (AvgIpc) is 2.96. The maximum Gasteiger partial charge on any atom is 0.237 e. The zero-order valence-corrected chi connectivity index (χ0v) is 17.1. The first-order valence-electron chi connectivity index (χ1n) is 9.95. The minimum absolute atomic E-state index is 0.203. The Kier molecular flexibility index (Phi) is 5.41. The van der Waals surface area contributed by atoms with Gasteiger partial charge in [0.1, 0.15) is 0 Å². The molecule has 4 rings (SSSR count). The van der Waals surface area contributed by atoms with Gasteiger partial charge in [-0.3, -0.25) is 4.79 Å². The molecule has 0 aliphatic heterocycles. The standard InChI is InChI=1S/C22H24N2O.C2H6/c1-15-16(2)23-20-11-10-18(14-19(15)20)24(3)21(25)22(12-7-13-22)17-8-5-4-6-9-17;1-2/h4-6,8-11,14,23H,7,12-13H2,1-3H3;1-2H3. The molecule has 2 aromatic carbocycles. The fourth-order valence-corrected chi connectivity index (χ4v) is 4.01. The molecule has 1 aromatic heterocycles. The molecule has 1 fully saturated rings. The van der Waals surface area contributed by atoms with Gasteiger partial charge in [-0.05, 0) is 56.0 Å². The van der Waals surface area contributed by atoms with Crippen LogP contribution in [0.2, 0.25) is 0 Å². The van der Waals surface area contributed by atoms with Gasteiger partial charge in [0.15, 0.2) is 0 Å². The number of H-pyrrole nitrogens is 1. The van der Waals surface area contributed by atoms with E-state index in [9.17, 15) is 4.79 Å². The van der Waals surface area contributed by atoms with Gasteiger partial charge in [0.2, 0.25) is 5.91 Å². The van der Waals surface area contributed by atoms with Crippen molar-refractivity contribution in [1.29, 1.82) is 0 Å². The van der Waals surface area contributed by atoms with Crippen molar-refractivity contribution in [2.45, 2.75) is 52.4 Å². The first-order valence-corrected chi connectivity index (χ1v) is 9.95. The predicted molar refractivity (Wildman–Crippen MR) is 115 cm³/mol. The third kappa shape index (κ3) is 3.16. The van der Waals surface area contributed by atoms with Crippen molar-refractivity contribution in [2.75, 3.05) is 11.9 Å². The number of aromatic amines is 1. The first kappa shape index (κ1) is 19.2. The topological polar surface area (TPSA) is 36.1 Å². The Balaban J connectivity index is 0.00000102. The molecule has 1 amide bonds. The molecule has 1 heterocycles. The molecule has 27 heavy (non-hydrogen) atoms. The summed E-state index contributed by atoms with van der Waals surface area (Å²) in [6.45, 7) is 8.21. The SMILES string of the molecule is CC.Cc1[nH]c2ccc(N(C)C(=O)C3(c4ccccc4)CCC3)cc2c1C. The Labute approximate surface area is 162 Å². The summed E-state index contributed by atoms with van der Waals surface area (Å²) in [7, 11) is 1.90. The maximum atomic E-state index is 13.4. The number of nitrogens with zero attached hydrogens (tertiary/aromatic N) is 1. The van der Waals surface area contributed by atoms with Crippen LogP contribution in [0, 0.1) is 13.8 Å². The zero-order chi connectivity index (χ0) is 19.6. The number of aryl methyl sites for hydroxylation is 2. The van der Waals surface area contributed by atoms with Crippen LogP contribution >= 0.6 is 0 Å². The lowest BCUT2D eigenvalue weighted by molar-refractivity contribution is -0.126. The van der Waals surface area contributed by atoms with Gasteiger partial charge in [-0.2, -0.15) is 0 Å². The summed E-state index contributed by atoms with van der Waals surface area (Å²) in [5.41, 5.74) is 5.31. The van der Waals surface area contributed by atoms with E-state index in [1.54, 1.807) is 0 Å². The molecule has 0 unspecified atom stereocenters. The largest absolute Gasteiger partial charge is 0.358 e. The van der Waals surface area contributed by atoms with Crippen molar-refractivity contribution < 1.29 is 4.79 Å². The fraction of sp³-hybridized carbons (Fsp3) is 0.375. The van der Waals surface area contributed by atoms with Gasteiger partial charge in [-0.15, -0.1) is 0 Å². The number of likely N-dealkylation sites (N-methyl/N-ethyl adjacent to an activating group) is 1. The summed E-state index contributed by atoms with van der Waals surface area (Å²) in [5.74, 6) is 0.203. The van der Waals surface area contributed by atoms with Gasteiger partial charge < -0.3 is 9.88 Å². The van der Waals surface area contributed by atoms with Gasteiger partial charge in [-0.25, -0.2) is 0 Å². The molecule has 3 nitrogen and oxygen atoms in total. The summed E-state index contributed by atoms with van der Waals surface area (Å²) < 4.78 is 0. The molecule has 3 aromatic rings. The number of nitrogens with one attached hydrogen (secondary N) is 1. The Morgan fingerprint density at radius 1 is 1.04 bits per heavy atom. The number of hydrogen-bond acceptors (Lipinski definition) is 1. The second kappa shape index (κ2) is 7.59. The third-order valence-corrected chi connectivity index (χ3v) is 5.93. The summed E-state index contributed by atoms with van der Waals surface area (Å²) >= 11 is 0. The van der Waals surface area contributed by atoms with Crippen molar-refractivity contribution in [3.8, 4) is 0 Å². The Morgan fingerprint density at radius 2 is 1.70 bits per heavy atom. The smallest absolute Gasteiger partial charge is 0.237 e. The predicted octanol–water partition coefficient (Wildman–Crippen LogP) is 5.90. The minimum Gasteiger partial charge on any atom is -0.358 e. The van der Waals surface area contributed by atoms with Gasteiger partial charge in [0, 0.05) is 29.3 Å². The number of fused-ring (bicyclic) bond motifs is 1.